The van der Waals surface area contributed by atoms with Crippen LogP contribution in [-0.2, 0) is 0 Å². The minimum Gasteiger partial charge on any atom is -0.508 e. The van der Waals surface area contributed by atoms with Gasteiger partial charge in [-0.2, -0.15) is 0 Å². The fourth-order valence-corrected chi connectivity index (χ4v) is 1.52. The summed E-state index contributed by atoms with van der Waals surface area (Å²) in [6, 6.07) is 5.14. The molecular weight excluding hydrogens is 186 g/mol. The Morgan fingerprint density at radius 2 is 2.08 bits per heavy atom. The zero-order valence-corrected chi connectivity index (χ0v) is 7.84. The number of nitrogens with zero attached hydrogens (tertiary/aromatic N) is 1. The Kier molecular flexibility index (Phi) is 1.85. The van der Waals surface area contributed by atoms with Crippen molar-refractivity contribution in [2.45, 2.75) is 6.92 Å². The van der Waals surface area contributed by atoms with Gasteiger partial charge in [-0.05, 0) is 25.1 Å². The van der Waals surface area contributed by atoms with Gasteiger partial charge in [-0.3, -0.25) is 4.98 Å². The molecule has 1 heterocycles. The molecule has 0 radical (unpaired) electrons. The quantitative estimate of drug-likeness (QED) is 0.698. The van der Waals surface area contributed by atoms with Crippen molar-refractivity contribution < 1.29 is 5.11 Å². The normalized spacial score (nSPS) is 10.6. The lowest BCUT2D eigenvalue weighted by molar-refractivity contribution is 0.472. The number of pyridine rings is 1. The fourth-order valence-electron chi connectivity index (χ4n) is 1.32. The lowest BCUT2D eigenvalue weighted by Crippen LogP contribution is -1.84. The van der Waals surface area contributed by atoms with Gasteiger partial charge < -0.3 is 5.11 Å². The van der Waals surface area contributed by atoms with Gasteiger partial charge in [-0.25, -0.2) is 0 Å². The second-order valence-electron chi connectivity index (χ2n) is 2.90. The summed E-state index contributed by atoms with van der Waals surface area (Å²) in [6.45, 7) is 1.82. The largest absolute Gasteiger partial charge is 0.508 e. The highest BCUT2D eigenvalue weighted by atomic mass is 35.5. The summed E-state index contributed by atoms with van der Waals surface area (Å²) in [5, 5.41) is 11.0. The molecule has 0 saturated heterocycles. The van der Waals surface area contributed by atoms with Crippen LogP contribution in [0.15, 0.2) is 24.4 Å². The van der Waals surface area contributed by atoms with Gasteiger partial charge in [0.25, 0.3) is 0 Å². The van der Waals surface area contributed by atoms with Gasteiger partial charge in [-0.15, -0.1) is 0 Å². The van der Waals surface area contributed by atoms with Gasteiger partial charge >= 0.3 is 0 Å². The highest BCUT2D eigenvalue weighted by molar-refractivity contribution is 6.35. The third kappa shape index (κ3) is 1.23. The van der Waals surface area contributed by atoms with E-state index < -0.39 is 0 Å². The topological polar surface area (TPSA) is 33.1 Å². The second-order valence-corrected chi connectivity index (χ2v) is 3.31. The van der Waals surface area contributed by atoms with Crippen LogP contribution in [0.3, 0.4) is 0 Å². The zero-order valence-electron chi connectivity index (χ0n) is 7.08. The Bertz CT molecular complexity index is 468. The maximum Gasteiger partial charge on any atom is 0.120 e. The Balaban J connectivity index is 2.94. The first-order valence-corrected chi connectivity index (χ1v) is 4.31. The molecule has 2 rings (SSSR count). The van der Waals surface area contributed by atoms with E-state index in [9.17, 15) is 5.11 Å². The highest BCUT2D eigenvalue weighted by Gasteiger charge is 2.05. The summed E-state index contributed by atoms with van der Waals surface area (Å²) < 4.78 is 0. The van der Waals surface area contributed by atoms with E-state index in [1.807, 2.05) is 6.92 Å². The van der Waals surface area contributed by atoms with Crippen LogP contribution in [0, 0.1) is 6.92 Å². The molecular formula is C10H8ClNO. The Labute approximate surface area is 80.8 Å². The molecule has 0 unspecified atom stereocenters. The van der Waals surface area contributed by atoms with Crippen molar-refractivity contribution in [1.82, 2.24) is 4.98 Å². The van der Waals surface area contributed by atoms with Crippen LogP contribution in [0.25, 0.3) is 10.9 Å². The van der Waals surface area contributed by atoms with Crippen molar-refractivity contribution in [2.24, 2.45) is 0 Å². The minimum absolute atomic E-state index is 0.252. The lowest BCUT2D eigenvalue weighted by atomic mass is 10.1. The Morgan fingerprint density at radius 3 is 2.85 bits per heavy atom. The van der Waals surface area contributed by atoms with Gasteiger partial charge in [0, 0.05) is 17.1 Å². The smallest absolute Gasteiger partial charge is 0.120 e. The summed E-state index contributed by atoms with van der Waals surface area (Å²) in [5.74, 6) is 0.252. The van der Waals surface area contributed by atoms with Crippen LogP contribution in [0.5, 0.6) is 5.75 Å². The number of fused-ring (bicyclic) bond motifs is 1. The van der Waals surface area contributed by atoms with Gasteiger partial charge in [-0.1, -0.05) is 11.6 Å². The number of aromatic hydroxyl groups is 1. The van der Waals surface area contributed by atoms with Crippen molar-refractivity contribution in [1.29, 1.82) is 0 Å². The molecule has 0 fully saturated rings. The van der Waals surface area contributed by atoms with E-state index in [2.05, 4.69) is 4.98 Å². The van der Waals surface area contributed by atoms with Crippen molar-refractivity contribution in [3.05, 3.63) is 35.0 Å². The molecule has 0 aliphatic carbocycles. The Morgan fingerprint density at radius 1 is 1.31 bits per heavy atom. The number of aromatic nitrogens is 1. The molecule has 0 spiro atoms. The second kappa shape index (κ2) is 2.89. The average molecular weight is 194 g/mol. The van der Waals surface area contributed by atoms with Gasteiger partial charge in [0.2, 0.25) is 0 Å². The van der Waals surface area contributed by atoms with Crippen LogP contribution >= 0.6 is 11.6 Å². The fraction of sp³-hybridized carbons (Fsp3) is 0.100. The first-order valence-electron chi connectivity index (χ1n) is 3.93. The van der Waals surface area contributed by atoms with Crippen LogP contribution in [0.4, 0.5) is 0 Å². The molecule has 3 heteroatoms. The molecule has 66 valence electrons. The number of hydrogen-bond donors (Lipinski definition) is 1. The van der Waals surface area contributed by atoms with E-state index in [1.165, 1.54) is 0 Å². The zero-order chi connectivity index (χ0) is 9.42. The van der Waals surface area contributed by atoms with Crippen LogP contribution in [0.1, 0.15) is 5.56 Å². The van der Waals surface area contributed by atoms with E-state index in [4.69, 9.17) is 11.6 Å². The number of phenolic OH excluding ortho intramolecular Hbond substituents is 1. The molecule has 2 nitrogen and oxygen atoms in total. The van der Waals surface area contributed by atoms with Crippen LogP contribution < -0.4 is 0 Å². The maximum absolute atomic E-state index is 9.43. The molecule has 0 aliphatic rings. The lowest BCUT2D eigenvalue weighted by Gasteiger charge is -2.03. The number of halogens is 1. The van der Waals surface area contributed by atoms with E-state index in [-0.39, 0.29) is 5.75 Å². The summed E-state index contributed by atoms with van der Waals surface area (Å²) in [7, 11) is 0. The SMILES string of the molecule is Cc1c(O)ccc2c(Cl)ccnc12. The summed E-state index contributed by atoms with van der Waals surface area (Å²) in [4.78, 5) is 4.16. The van der Waals surface area contributed by atoms with E-state index in [1.54, 1.807) is 24.4 Å². The molecule has 0 saturated carbocycles. The predicted molar refractivity (Wildman–Crippen MR) is 53.2 cm³/mol. The van der Waals surface area contributed by atoms with Crippen molar-refractivity contribution in [3.8, 4) is 5.75 Å². The van der Waals surface area contributed by atoms with Crippen molar-refractivity contribution in [2.75, 3.05) is 0 Å². The van der Waals surface area contributed by atoms with Crippen molar-refractivity contribution in [3.63, 3.8) is 0 Å². The molecule has 0 amide bonds. The van der Waals surface area contributed by atoms with E-state index in [0.717, 1.165) is 16.5 Å². The van der Waals surface area contributed by atoms with Gasteiger partial charge in [0.05, 0.1) is 10.5 Å². The summed E-state index contributed by atoms with van der Waals surface area (Å²) in [6.07, 6.45) is 1.64. The molecule has 13 heavy (non-hydrogen) atoms. The number of phenols is 1. The van der Waals surface area contributed by atoms with E-state index >= 15 is 0 Å². The molecule has 1 aromatic carbocycles. The summed E-state index contributed by atoms with van der Waals surface area (Å²) >= 11 is 5.96. The third-order valence-electron chi connectivity index (χ3n) is 2.08. The number of aryl methyl sites for hydroxylation is 1. The molecule has 0 bridgehead atoms. The van der Waals surface area contributed by atoms with Gasteiger partial charge in [0.1, 0.15) is 5.75 Å². The van der Waals surface area contributed by atoms with Crippen molar-refractivity contribution >= 4 is 22.5 Å². The first kappa shape index (κ1) is 8.32. The number of rotatable bonds is 0. The molecule has 0 atom stereocenters. The summed E-state index contributed by atoms with van der Waals surface area (Å²) in [5.41, 5.74) is 1.52. The first-order chi connectivity index (χ1) is 6.20. The molecule has 2 aromatic rings. The van der Waals surface area contributed by atoms with Crippen LogP contribution in [0.2, 0.25) is 5.02 Å². The standard InChI is InChI=1S/C10H8ClNO/c1-6-9(13)3-2-7-8(11)4-5-12-10(6)7/h2-5,13H,1H3. The Hall–Kier alpha value is -1.28. The van der Waals surface area contributed by atoms with Crippen LogP contribution in [-0.4, -0.2) is 10.1 Å². The number of hydrogen-bond acceptors (Lipinski definition) is 2. The van der Waals surface area contributed by atoms with Gasteiger partial charge in [0.15, 0.2) is 0 Å². The minimum atomic E-state index is 0.252. The third-order valence-corrected chi connectivity index (χ3v) is 2.41. The maximum atomic E-state index is 9.43. The molecule has 0 aliphatic heterocycles. The predicted octanol–water partition coefficient (Wildman–Crippen LogP) is 2.90. The molecule has 1 aromatic heterocycles. The number of benzene rings is 1. The average Bonchev–Trinajstić information content (AvgIpc) is 2.12. The van der Waals surface area contributed by atoms with E-state index in [0.29, 0.717) is 5.02 Å². The highest BCUT2D eigenvalue weighted by Crippen LogP contribution is 2.28. The molecule has 1 N–H and O–H groups in total. The monoisotopic (exact) mass is 193 g/mol.